The van der Waals surface area contributed by atoms with Gasteiger partial charge in [0.05, 0.1) is 12.2 Å². The molecule has 102 valence electrons. The van der Waals surface area contributed by atoms with Crippen molar-refractivity contribution in [2.45, 2.75) is 13.1 Å². The van der Waals surface area contributed by atoms with E-state index < -0.39 is 0 Å². The molecule has 1 aliphatic rings. The molecule has 0 aromatic heterocycles. The Hall–Kier alpha value is -2.33. The summed E-state index contributed by atoms with van der Waals surface area (Å²) in [7, 11) is 0. The minimum Gasteiger partial charge on any atom is -0.506 e. The normalized spacial score (nSPS) is 14.0. The van der Waals surface area contributed by atoms with E-state index in [1.165, 1.54) is 11.1 Å². The van der Waals surface area contributed by atoms with E-state index in [1.807, 2.05) is 12.1 Å². The number of phenols is 1. The average molecular weight is 268 g/mol. The van der Waals surface area contributed by atoms with Gasteiger partial charge in [0.1, 0.15) is 5.75 Å². The number of phenolic OH excluding ortho intramolecular Hbond substituents is 1. The van der Waals surface area contributed by atoms with Crippen LogP contribution in [0.5, 0.6) is 5.75 Å². The number of amides is 1. The molecule has 2 aromatic rings. The number of para-hydroxylation sites is 2. The van der Waals surface area contributed by atoms with Crippen LogP contribution in [0, 0.1) is 0 Å². The maximum atomic E-state index is 12.0. The highest BCUT2D eigenvalue weighted by Crippen LogP contribution is 2.23. The van der Waals surface area contributed by atoms with Crippen LogP contribution in [0.3, 0.4) is 0 Å². The third-order valence-electron chi connectivity index (χ3n) is 3.45. The third-order valence-corrected chi connectivity index (χ3v) is 3.45. The summed E-state index contributed by atoms with van der Waals surface area (Å²) in [6.07, 6.45) is 0. The zero-order valence-corrected chi connectivity index (χ0v) is 11.0. The molecule has 1 amide bonds. The Labute approximate surface area is 117 Å². The lowest BCUT2D eigenvalue weighted by atomic mass is 10.1. The molecule has 4 nitrogen and oxygen atoms in total. The Bertz CT molecular complexity index is 615. The molecule has 1 heterocycles. The summed E-state index contributed by atoms with van der Waals surface area (Å²) in [6, 6.07) is 15.0. The Morgan fingerprint density at radius 3 is 2.30 bits per heavy atom. The number of fused-ring (bicyclic) bond motifs is 1. The lowest BCUT2D eigenvalue weighted by Crippen LogP contribution is -2.29. The monoisotopic (exact) mass is 268 g/mol. The van der Waals surface area contributed by atoms with Gasteiger partial charge in [0.2, 0.25) is 5.91 Å². The van der Waals surface area contributed by atoms with Crippen molar-refractivity contribution in [2.24, 2.45) is 0 Å². The number of hydrogen-bond acceptors (Lipinski definition) is 3. The van der Waals surface area contributed by atoms with Gasteiger partial charge in [-0.25, -0.2) is 0 Å². The summed E-state index contributed by atoms with van der Waals surface area (Å²) < 4.78 is 0. The van der Waals surface area contributed by atoms with Crippen molar-refractivity contribution in [2.75, 3.05) is 11.9 Å². The molecular weight excluding hydrogens is 252 g/mol. The molecule has 20 heavy (non-hydrogen) atoms. The summed E-state index contributed by atoms with van der Waals surface area (Å²) >= 11 is 0. The number of hydrogen-bond donors (Lipinski definition) is 2. The molecule has 0 saturated heterocycles. The molecular formula is C16H16N2O2. The number of aromatic hydroxyl groups is 1. The Balaban J connectivity index is 1.60. The molecule has 0 unspecified atom stereocenters. The largest absolute Gasteiger partial charge is 0.506 e. The third kappa shape index (κ3) is 2.65. The van der Waals surface area contributed by atoms with E-state index in [0.29, 0.717) is 12.2 Å². The summed E-state index contributed by atoms with van der Waals surface area (Å²) in [5.41, 5.74) is 3.01. The van der Waals surface area contributed by atoms with Crippen molar-refractivity contribution in [3.63, 3.8) is 0 Å². The predicted octanol–water partition coefficient (Wildman–Crippen LogP) is 2.35. The van der Waals surface area contributed by atoms with E-state index in [2.05, 4.69) is 22.3 Å². The number of carbonyl (C=O) groups is 1. The molecule has 0 saturated carbocycles. The van der Waals surface area contributed by atoms with E-state index in [-0.39, 0.29) is 11.7 Å². The second-order valence-electron chi connectivity index (χ2n) is 4.98. The fourth-order valence-corrected chi connectivity index (χ4v) is 2.49. The van der Waals surface area contributed by atoms with Crippen molar-refractivity contribution >= 4 is 11.6 Å². The minimum absolute atomic E-state index is 0.0885. The fraction of sp³-hybridized carbons (Fsp3) is 0.188. The molecule has 0 radical (unpaired) electrons. The van der Waals surface area contributed by atoms with Crippen molar-refractivity contribution < 1.29 is 9.90 Å². The molecule has 0 fully saturated rings. The second-order valence-corrected chi connectivity index (χ2v) is 4.98. The number of benzene rings is 2. The maximum absolute atomic E-state index is 12.0. The quantitative estimate of drug-likeness (QED) is 0.840. The molecule has 1 aliphatic heterocycles. The van der Waals surface area contributed by atoms with Gasteiger partial charge in [0.25, 0.3) is 0 Å². The van der Waals surface area contributed by atoms with Gasteiger partial charge in [-0.3, -0.25) is 9.69 Å². The lowest BCUT2D eigenvalue weighted by molar-refractivity contribution is -0.117. The number of anilines is 1. The molecule has 0 aliphatic carbocycles. The lowest BCUT2D eigenvalue weighted by Gasteiger charge is -2.14. The van der Waals surface area contributed by atoms with Gasteiger partial charge in [-0.15, -0.1) is 0 Å². The summed E-state index contributed by atoms with van der Waals surface area (Å²) in [6.45, 7) is 1.91. The van der Waals surface area contributed by atoms with Crippen LogP contribution >= 0.6 is 0 Å². The first kappa shape index (κ1) is 12.7. The number of nitrogens with one attached hydrogen (secondary N) is 1. The number of rotatable bonds is 3. The van der Waals surface area contributed by atoms with E-state index in [0.717, 1.165) is 13.1 Å². The summed E-state index contributed by atoms with van der Waals surface area (Å²) in [5, 5.41) is 12.4. The van der Waals surface area contributed by atoms with Crippen LogP contribution in [0.2, 0.25) is 0 Å². The maximum Gasteiger partial charge on any atom is 0.238 e. The van der Waals surface area contributed by atoms with Crippen LogP contribution in [-0.2, 0) is 17.9 Å². The van der Waals surface area contributed by atoms with Crippen LogP contribution < -0.4 is 5.32 Å². The van der Waals surface area contributed by atoms with Gasteiger partial charge in [-0.2, -0.15) is 0 Å². The Kier molecular flexibility index (Phi) is 3.39. The molecule has 3 rings (SSSR count). The first-order valence-corrected chi connectivity index (χ1v) is 6.59. The topological polar surface area (TPSA) is 52.6 Å². The van der Waals surface area contributed by atoms with E-state index >= 15 is 0 Å². The van der Waals surface area contributed by atoms with Crippen LogP contribution in [0.1, 0.15) is 11.1 Å². The predicted molar refractivity (Wildman–Crippen MR) is 77.3 cm³/mol. The zero-order chi connectivity index (χ0) is 13.9. The molecule has 4 heteroatoms. The van der Waals surface area contributed by atoms with Gasteiger partial charge >= 0.3 is 0 Å². The number of carbonyl (C=O) groups excluding carboxylic acids is 1. The molecule has 2 N–H and O–H groups in total. The minimum atomic E-state index is -0.112. The van der Waals surface area contributed by atoms with E-state index in [4.69, 9.17) is 0 Å². The Morgan fingerprint density at radius 1 is 1.05 bits per heavy atom. The highest BCUT2D eigenvalue weighted by Gasteiger charge is 2.20. The number of nitrogens with zero attached hydrogens (tertiary/aromatic N) is 1. The van der Waals surface area contributed by atoms with Crippen LogP contribution in [-0.4, -0.2) is 22.5 Å². The van der Waals surface area contributed by atoms with E-state index in [9.17, 15) is 9.90 Å². The van der Waals surface area contributed by atoms with Gasteiger partial charge in [0, 0.05) is 13.1 Å². The van der Waals surface area contributed by atoms with Crippen LogP contribution in [0.25, 0.3) is 0 Å². The second kappa shape index (κ2) is 5.35. The first-order chi connectivity index (χ1) is 9.72. The molecule has 2 aromatic carbocycles. The summed E-state index contributed by atoms with van der Waals surface area (Å²) in [5.74, 6) is -0.0233. The van der Waals surface area contributed by atoms with Crippen LogP contribution in [0.4, 0.5) is 5.69 Å². The van der Waals surface area contributed by atoms with Gasteiger partial charge < -0.3 is 10.4 Å². The Morgan fingerprint density at radius 2 is 1.65 bits per heavy atom. The highest BCUT2D eigenvalue weighted by atomic mass is 16.3. The SMILES string of the molecule is O=C(CN1Cc2ccccc2C1)Nc1ccccc1O. The molecule has 0 atom stereocenters. The van der Waals surface area contributed by atoms with Gasteiger partial charge in [0.15, 0.2) is 0 Å². The first-order valence-electron chi connectivity index (χ1n) is 6.59. The van der Waals surface area contributed by atoms with Gasteiger partial charge in [-0.1, -0.05) is 36.4 Å². The van der Waals surface area contributed by atoms with E-state index in [1.54, 1.807) is 24.3 Å². The van der Waals surface area contributed by atoms with Crippen molar-refractivity contribution in [1.29, 1.82) is 0 Å². The summed E-state index contributed by atoms with van der Waals surface area (Å²) in [4.78, 5) is 14.1. The van der Waals surface area contributed by atoms with Gasteiger partial charge in [-0.05, 0) is 23.3 Å². The fourth-order valence-electron chi connectivity index (χ4n) is 2.49. The van der Waals surface area contributed by atoms with Crippen molar-refractivity contribution in [1.82, 2.24) is 4.90 Å². The smallest absolute Gasteiger partial charge is 0.238 e. The van der Waals surface area contributed by atoms with Crippen molar-refractivity contribution in [3.05, 3.63) is 59.7 Å². The molecule has 0 bridgehead atoms. The zero-order valence-electron chi connectivity index (χ0n) is 11.0. The average Bonchev–Trinajstić information content (AvgIpc) is 2.83. The van der Waals surface area contributed by atoms with Crippen molar-refractivity contribution in [3.8, 4) is 5.75 Å². The standard InChI is InChI=1S/C16H16N2O2/c19-15-8-4-3-7-14(15)17-16(20)11-18-9-12-5-1-2-6-13(12)10-18/h1-8,19H,9-11H2,(H,17,20). The highest BCUT2D eigenvalue weighted by molar-refractivity contribution is 5.93. The van der Waals surface area contributed by atoms with Crippen LogP contribution in [0.15, 0.2) is 48.5 Å². The molecule has 0 spiro atoms.